The molecule has 1 unspecified atom stereocenters. The van der Waals surface area contributed by atoms with Gasteiger partial charge in [0.25, 0.3) is 0 Å². The van der Waals surface area contributed by atoms with Crippen LogP contribution in [0.3, 0.4) is 0 Å². The molecule has 0 bridgehead atoms. The smallest absolute Gasteiger partial charge is 0.225 e. The molecule has 3 rings (SSSR count). The number of aromatic nitrogens is 2. The van der Waals surface area contributed by atoms with E-state index in [1.165, 1.54) is 12.8 Å². The fourth-order valence-corrected chi connectivity index (χ4v) is 3.54. The molecule has 2 aliphatic rings. The minimum absolute atomic E-state index is 0.0397. The van der Waals surface area contributed by atoms with Gasteiger partial charge < -0.3 is 15.2 Å². The molecule has 2 amide bonds. The fourth-order valence-electron chi connectivity index (χ4n) is 3.54. The summed E-state index contributed by atoms with van der Waals surface area (Å²) in [5.41, 5.74) is 1.85. The van der Waals surface area contributed by atoms with E-state index in [0.29, 0.717) is 32.0 Å². The second-order valence-electron chi connectivity index (χ2n) is 6.41. The van der Waals surface area contributed by atoms with Crippen molar-refractivity contribution in [1.29, 1.82) is 0 Å². The third-order valence-electron chi connectivity index (χ3n) is 4.94. The number of carbonyl (C=O) groups is 2. The Labute approximate surface area is 130 Å². The first-order valence-electron chi connectivity index (χ1n) is 8.21. The number of carbonyl (C=O) groups excluding carboxylic acids is 2. The lowest BCUT2D eigenvalue weighted by Crippen LogP contribution is -2.49. The Morgan fingerprint density at radius 2 is 2.18 bits per heavy atom. The number of hydrogen-bond acceptors (Lipinski definition) is 3. The largest absolute Gasteiger partial charge is 0.350 e. The normalized spacial score (nSPS) is 23.0. The lowest BCUT2D eigenvalue weighted by molar-refractivity contribution is -0.140. The van der Waals surface area contributed by atoms with Gasteiger partial charge in [-0.05, 0) is 26.2 Å². The number of imidazole rings is 1. The summed E-state index contributed by atoms with van der Waals surface area (Å²) in [6, 6.07) is 0.358. The van der Waals surface area contributed by atoms with Gasteiger partial charge in [-0.3, -0.25) is 9.59 Å². The molecule has 1 aliphatic heterocycles. The van der Waals surface area contributed by atoms with Crippen LogP contribution in [-0.2, 0) is 16.1 Å². The summed E-state index contributed by atoms with van der Waals surface area (Å²) in [6.07, 6.45) is 7.37. The predicted octanol–water partition coefficient (Wildman–Crippen LogP) is 1.52. The Morgan fingerprint density at radius 1 is 1.41 bits per heavy atom. The van der Waals surface area contributed by atoms with Crippen molar-refractivity contribution in [3.05, 3.63) is 17.7 Å². The summed E-state index contributed by atoms with van der Waals surface area (Å²) in [6.45, 7) is 2.96. The Morgan fingerprint density at radius 3 is 2.86 bits per heavy atom. The molecule has 1 aromatic heterocycles. The van der Waals surface area contributed by atoms with Crippen LogP contribution in [0, 0.1) is 12.8 Å². The summed E-state index contributed by atoms with van der Waals surface area (Å²) in [5.74, 6) is 0.176. The van der Waals surface area contributed by atoms with Gasteiger partial charge in [0, 0.05) is 24.7 Å². The standard InChI is InChI=1S/C16H24N4O2/c1-11-14(19-10-18-11)8-17-16(22)12-6-7-15(21)20(9-12)13-4-2-3-5-13/h10,12-13H,2-9H2,1H3,(H,17,22)(H,18,19). The molecule has 1 aliphatic carbocycles. The van der Waals surface area contributed by atoms with Crippen molar-refractivity contribution >= 4 is 11.8 Å². The summed E-state index contributed by atoms with van der Waals surface area (Å²) in [5, 5.41) is 2.96. The van der Waals surface area contributed by atoms with Gasteiger partial charge >= 0.3 is 0 Å². The van der Waals surface area contributed by atoms with E-state index in [1.807, 2.05) is 11.8 Å². The lowest BCUT2D eigenvalue weighted by atomic mass is 9.95. The number of rotatable bonds is 4. The monoisotopic (exact) mass is 304 g/mol. The highest BCUT2D eigenvalue weighted by Crippen LogP contribution is 2.28. The molecule has 6 heteroatoms. The van der Waals surface area contributed by atoms with Crippen LogP contribution in [0.2, 0.25) is 0 Å². The first kappa shape index (κ1) is 15.1. The zero-order chi connectivity index (χ0) is 15.5. The average molecular weight is 304 g/mol. The molecule has 2 N–H and O–H groups in total. The quantitative estimate of drug-likeness (QED) is 0.885. The number of aryl methyl sites for hydroxylation is 1. The van der Waals surface area contributed by atoms with Crippen LogP contribution >= 0.6 is 0 Å². The Balaban J connectivity index is 1.56. The summed E-state index contributed by atoms with van der Waals surface area (Å²) >= 11 is 0. The number of amides is 2. The van der Waals surface area contributed by atoms with Gasteiger partial charge in [0.2, 0.25) is 11.8 Å². The van der Waals surface area contributed by atoms with E-state index in [4.69, 9.17) is 0 Å². The molecule has 2 fully saturated rings. The predicted molar refractivity (Wildman–Crippen MR) is 81.9 cm³/mol. The maximum absolute atomic E-state index is 12.4. The van der Waals surface area contributed by atoms with Crippen molar-refractivity contribution in [2.75, 3.05) is 6.54 Å². The SMILES string of the molecule is Cc1[nH]cnc1CNC(=O)C1CCC(=O)N(C2CCCC2)C1. The van der Waals surface area contributed by atoms with Crippen molar-refractivity contribution in [1.82, 2.24) is 20.2 Å². The van der Waals surface area contributed by atoms with Gasteiger partial charge in [0.15, 0.2) is 0 Å². The molecule has 1 saturated carbocycles. The van der Waals surface area contributed by atoms with Crippen molar-refractivity contribution in [2.45, 2.75) is 58.0 Å². The molecule has 120 valence electrons. The van der Waals surface area contributed by atoms with E-state index in [9.17, 15) is 9.59 Å². The van der Waals surface area contributed by atoms with Gasteiger partial charge in [-0.15, -0.1) is 0 Å². The molecule has 1 saturated heterocycles. The number of hydrogen-bond donors (Lipinski definition) is 2. The number of likely N-dealkylation sites (tertiary alicyclic amines) is 1. The Hall–Kier alpha value is -1.85. The van der Waals surface area contributed by atoms with Crippen LogP contribution in [0.15, 0.2) is 6.33 Å². The van der Waals surface area contributed by atoms with Crippen molar-refractivity contribution in [3.8, 4) is 0 Å². The third-order valence-corrected chi connectivity index (χ3v) is 4.94. The van der Waals surface area contributed by atoms with E-state index < -0.39 is 0 Å². The maximum Gasteiger partial charge on any atom is 0.225 e. The number of aromatic amines is 1. The van der Waals surface area contributed by atoms with Gasteiger partial charge in [-0.25, -0.2) is 4.98 Å². The van der Waals surface area contributed by atoms with Crippen molar-refractivity contribution in [2.24, 2.45) is 5.92 Å². The number of nitrogens with one attached hydrogen (secondary N) is 2. The van der Waals surface area contributed by atoms with Crippen LogP contribution in [0.5, 0.6) is 0 Å². The molecule has 0 aromatic carbocycles. The second kappa shape index (κ2) is 6.50. The van der Waals surface area contributed by atoms with Crippen LogP contribution in [-0.4, -0.2) is 39.3 Å². The maximum atomic E-state index is 12.4. The molecule has 6 nitrogen and oxygen atoms in total. The Bertz CT molecular complexity index is 548. The summed E-state index contributed by atoms with van der Waals surface area (Å²) < 4.78 is 0. The lowest BCUT2D eigenvalue weighted by Gasteiger charge is -2.36. The fraction of sp³-hybridized carbons (Fsp3) is 0.688. The molecular weight excluding hydrogens is 280 g/mol. The van der Waals surface area contributed by atoms with E-state index in [2.05, 4.69) is 15.3 Å². The average Bonchev–Trinajstić information content (AvgIpc) is 3.17. The zero-order valence-corrected chi connectivity index (χ0v) is 13.1. The molecular formula is C16H24N4O2. The number of nitrogens with zero attached hydrogens (tertiary/aromatic N) is 2. The first-order chi connectivity index (χ1) is 10.6. The summed E-state index contributed by atoms with van der Waals surface area (Å²) in [7, 11) is 0. The van der Waals surface area contributed by atoms with Crippen LogP contribution in [0.25, 0.3) is 0 Å². The number of H-pyrrole nitrogens is 1. The van der Waals surface area contributed by atoms with Gasteiger partial charge in [-0.1, -0.05) is 12.8 Å². The van der Waals surface area contributed by atoms with Crippen LogP contribution in [0.4, 0.5) is 0 Å². The van der Waals surface area contributed by atoms with Gasteiger partial charge in [0.1, 0.15) is 0 Å². The van der Waals surface area contributed by atoms with Gasteiger partial charge in [-0.2, -0.15) is 0 Å². The van der Waals surface area contributed by atoms with E-state index in [1.54, 1.807) is 6.33 Å². The number of piperidine rings is 1. The van der Waals surface area contributed by atoms with Crippen LogP contribution in [0.1, 0.15) is 49.9 Å². The van der Waals surface area contributed by atoms with E-state index in [-0.39, 0.29) is 17.7 Å². The minimum atomic E-state index is -0.0856. The zero-order valence-electron chi connectivity index (χ0n) is 13.1. The van der Waals surface area contributed by atoms with Gasteiger partial charge in [0.05, 0.1) is 24.5 Å². The molecule has 22 heavy (non-hydrogen) atoms. The summed E-state index contributed by atoms with van der Waals surface area (Å²) in [4.78, 5) is 33.7. The van der Waals surface area contributed by atoms with E-state index in [0.717, 1.165) is 24.2 Å². The van der Waals surface area contributed by atoms with E-state index >= 15 is 0 Å². The molecule has 0 radical (unpaired) electrons. The highest BCUT2D eigenvalue weighted by Gasteiger charge is 2.35. The molecule has 0 spiro atoms. The highest BCUT2D eigenvalue weighted by atomic mass is 16.2. The highest BCUT2D eigenvalue weighted by molar-refractivity contribution is 5.84. The minimum Gasteiger partial charge on any atom is -0.350 e. The Kier molecular flexibility index (Phi) is 4.45. The molecule has 1 atom stereocenters. The first-order valence-corrected chi connectivity index (χ1v) is 8.21. The second-order valence-corrected chi connectivity index (χ2v) is 6.41. The molecule has 1 aromatic rings. The molecule has 2 heterocycles. The third kappa shape index (κ3) is 3.15. The van der Waals surface area contributed by atoms with Crippen LogP contribution < -0.4 is 5.32 Å². The van der Waals surface area contributed by atoms with Crippen molar-refractivity contribution < 1.29 is 9.59 Å². The van der Waals surface area contributed by atoms with Crippen molar-refractivity contribution in [3.63, 3.8) is 0 Å². The topological polar surface area (TPSA) is 78.1 Å².